The maximum atomic E-state index is 12.2. The van der Waals surface area contributed by atoms with Crippen LogP contribution in [-0.4, -0.2) is 25.0 Å². The van der Waals surface area contributed by atoms with Gasteiger partial charge >= 0.3 is 0 Å². The highest BCUT2D eigenvalue weighted by molar-refractivity contribution is 5.94. The minimum atomic E-state index is -0.184. The van der Waals surface area contributed by atoms with Crippen molar-refractivity contribution in [2.45, 2.75) is 27.2 Å². The molecule has 3 N–H and O–H groups in total. The Morgan fingerprint density at radius 3 is 2.54 bits per heavy atom. The molecule has 0 atom stereocenters. The van der Waals surface area contributed by atoms with Gasteiger partial charge in [-0.2, -0.15) is 0 Å². The van der Waals surface area contributed by atoms with Crippen molar-refractivity contribution in [1.29, 1.82) is 0 Å². The van der Waals surface area contributed by atoms with E-state index in [0.717, 1.165) is 22.5 Å². The number of nitrogens with one attached hydrogen (secondary N) is 3. The number of rotatable bonds is 9. The number of hydrogen-bond acceptors (Lipinski definition) is 4. The largest absolute Gasteiger partial charge is 0.489 e. The van der Waals surface area contributed by atoms with Crippen LogP contribution in [0.3, 0.4) is 0 Å². The Kier molecular flexibility index (Phi) is 7.63. The molecule has 2 aromatic rings. The third kappa shape index (κ3) is 6.79. The zero-order chi connectivity index (χ0) is 20.5. The van der Waals surface area contributed by atoms with E-state index in [9.17, 15) is 9.59 Å². The summed E-state index contributed by atoms with van der Waals surface area (Å²) in [6, 6.07) is 12.8. The van der Waals surface area contributed by atoms with E-state index in [1.807, 2.05) is 44.2 Å². The molecule has 6 nitrogen and oxygen atoms in total. The number of carbonyl (C=O) groups excluding carboxylic acids is 2. The van der Waals surface area contributed by atoms with Gasteiger partial charge in [0.1, 0.15) is 12.4 Å². The van der Waals surface area contributed by atoms with Gasteiger partial charge in [-0.25, -0.2) is 0 Å². The van der Waals surface area contributed by atoms with E-state index in [-0.39, 0.29) is 18.4 Å². The molecule has 0 radical (unpaired) electrons. The normalized spacial score (nSPS) is 10.1. The van der Waals surface area contributed by atoms with Crippen molar-refractivity contribution in [3.63, 3.8) is 0 Å². The molecule has 6 heteroatoms. The van der Waals surface area contributed by atoms with Crippen LogP contribution in [0.15, 0.2) is 54.6 Å². The lowest BCUT2D eigenvalue weighted by Gasteiger charge is -2.12. The van der Waals surface area contributed by atoms with E-state index in [2.05, 4.69) is 22.5 Å². The molecule has 0 bridgehead atoms. The molecule has 0 aliphatic carbocycles. The molecule has 0 saturated carbocycles. The van der Waals surface area contributed by atoms with Gasteiger partial charge in [0.25, 0.3) is 0 Å². The van der Waals surface area contributed by atoms with Crippen molar-refractivity contribution in [3.05, 3.63) is 60.2 Å². The maximum absolute atomic E-state index is 12.2. The lowest BCUT2D eigenvalue weighted by Crippen LogP contribution is -2.22. The first-order valence-electron chi connectivity index (χ1n) is 9.19. The van der Waals surface area contributed by atoms with Crippen molar-refractivity contribution in [3.8, 4) is 5.75 Å². The molecule has 2 aromatic carbocycles. The molecule has 0 saturated heterocycles. The monoisotopic (exact) mass is 381 g/mol. The van der Waals surface area contributed by atoms with Crippen LogP contribution >= 0.6 is 0 Å². The Morgan fingerprint density at radius 2 is 1.82 bits per heavy atom. The minimum absolute atomic E-state index is 0.0493. The number of hydrogen-bond donors (Lipinski definition) is 3. The summed E-state index contributed by atoms with van der Waals surface area (Å²) >= 11 is 0. The zero-order valence-electron chi connectivity index (χ0n) is 16.6. The average Bonchev–Trinajstić information content (AvgIpc) is 2.67. The summed E-state index contributed by atoms with van der Waals surface area (Å²) in [6.07, 6.45) is 0.411. The van der Waals surface area contributed by atoms with Crippen LogP contribution in [0.4, 0.5) is 17.1 Å². The second-order valence-corrected chi connectivity index (χ2v) is 6.61. The lowest BCUT2D eigenvalue weighted by molar-refractivity contribution is -0.116. The minimum Gasteiger partial charge on any atom is -0.489 e. The number of anilines is 3. The molecular weight excluding hydrogens is 354 g/mol. The van der Waals surface area contributed by atoms with Gasteiger partial charge in [-0.1, -0.05) is 25.6 Å². The predicted molar refractivity (Wildman–Crippen MR) is 114 cm³/mol. The Balaban J connectivity index is 1.92. The number of amides is 2. The van der Waals surface area contributed by atoms with Gasteiger partial charge in [0.15, 0.2) is 0 Å². The quantitative estimate of drug-likeness (QED) is 0.564. The fourth-order valence-corrected chi connectivity index (χ4v) is 2.36. The van der Waals surface area contributed by atoms with Gasteiger partial charge in [0.05, 0.1) is 6.54 Å². The summed E-state index contributed by atoms with van der Waals surface area (Å²) in [7, 11) is 0. The average molecular weight is 381 g/mol. The van der Waals surface area contributed by atoms with Crippen molar-refractivity contribution < 1.29 is 14.3 Å². The van der Waals surface area contributed by atoms with Crippen molar-refractivity contribution in [2.24, 2.45) is 0 Å². The summed E-state index contributed by atoms with van der Waals surface area (Å²) in [6.45, 7) is 9.95. The Bertz CT molecular complexity index is 862. The third-order valence-electron chi connectivity index (χ3n) is 3.89. The van der Waals surface area contributed by atoms with Gasteiger partial charge < -0.3 is 20.7 Å². The van der Waals surface area contributed by atoms with Crippen molar-refractivity contribution in [1.82, 2.24) is 0 Å². The van der Waals surface area contributed by atoms with Gasteiger partial charge in [-0.3, -0.25) is 9.59 Å². The number of carbonyl (C=O) groups is 2. The number of benzene rings is 2. The molecule has 0 aliphatic heterocycles. The Morgan fingerprint density at radius 1 is 1.04 bits per heavy atom. The molecule has 28 heavy (non-hydrogen) atoms. The van der Waals surface area contributed by atoms with Crippen LogP contribution in [-0.2, 0) is 9.59 Å². The Labute approximate surface area is 166 Å². The smallest absolute Gasteiger partial charge is 0.243 e. The fourth-order valence-electron chi connectivity index (χ4n) is 2.36. The highest BCUT2D eigenvalue weighted by Crippen LogP contribution is 2.21. The highest BCUT2D eigenvalue weighted by atomic mass is 16.5. The summed E-state index contributed by atoms with van der Waals surface area (Å²) in [4.78, 5) is 23.9. The number of ether oxygens (including phenoxy) is 1. The molecule has 2 amide bonds. The summed E-state index contributed by atoms with van der Waals surface area (Å²) in [5, 5.41) is 8.76. The molecule has 148 valence electrons. The summed E-state index contributed by atoms with van der Waals surface area (Å²) in [5.74, 6) is 0.437. The van der Waals surface area contributed by atoms with Crippen LogP contribution < -0.4 is 20.7 Å². The second kappa shape index (κ2) is 10.2. The van der Waals surface area contributed by atoms with Crippen LogP contribution in [0, 0.1) is 6.92 Å². The molecule has 0 spiro atoms. The van der Waals surface area contributed by atoms with Crippen LogP contribution in [0.5, 0.6) is 5.75 Å². The van der Waals surface area contributed by atoms with Crippen molar-refractivity contribution >= 4 is 28.9 Å². The molecular formula is C22H27N3O3. The SMILES string of the molecule is C=C(C)COc1cccc(NC(=O)CNc2ccc(C)c(NC(=O)CC)c2)c1. The first-order chi connectivity index (χ1) is 13.4. The van der Waals surface area contributed by atoms with Crippen LogP contribution in [0.2, 0.25) is 0 Å². The molecule has 0 unspecified atom stereocenters. The zero-order valence-corrected chi connectivity index (χ0v) is 16.6. The van der Waals surface area contributed by atoms with E-state index in [1.54, 1.807) is 19.1 Å². The molecule has 2 rings (SSSR count). The highest BCUT2D eigenvalue weighted by Gasteiger charge is 2.07. The molecule has 0 heterocycles. The molecule has 0 fully saturated rings. The fraction of sp³-hybridized carbons (Fsp3) is 0.273. The first-order valence-corrected chi connectivity index (χ1v) is 9.19. The Hall–Kier alpha value is -3.28. The van der Waals surface area contributed by atoms with Gasteiger partial charge in [-0.05, 0) is 49.2 Å². The molecule has 0 aliphatic rings. The van der Waals surface area contributed by atoms with Crippen LogP contribution in [0.1, 0.15) is 25.8 Å². The van der Waals surface area contributed by atoms with E-state index in [1.165, 1.54) is 0 Å². The lowest BCUT2D eigenvalue weighted by atomic mass is 10.1. The summed E-state index contributed by atoms with van der Waals surface area (Å²) in [5.41, 5.74) is 4.03. The van der Waals surface area contributed by atoms with E-state index < -0.39 is 0 Å². The van der Waals surface area contributed by atoms with Gasteiger partial charge in [0, 0.05) is 29.5 Å². The third-order valence-corrected chi connectivity index (χ3v) is 3.89. The predicted octanol–water partition coefficient (Wildman–Crippen LogP) is 4.35. The van der Waals surface area contributed by atoms with Crippen LogP contribution in [0.25, 0.3) is 0 Å². The second-order valence-electron chi connectivity index (χ2n) is 6.61. The van der Waals surface area contributed by atoms with Gasteiger partial charge in [-0.15, -0.1) is 0 Å². The standard InChI is InChI=1S/C22H27N3O3/c1-5-21(26)25-20-12-17(10-9-16(20)4)23-13-22(27)24-18-7-6-8-19(11-18)28-14-15(2)3/h6-12,23H,2,5,13-14H2,1,3-4H3,(H,24,27)(H,25,26). The van der Waals surface area contributed by atoms with E-state index in [4.69, 9.17) is 4.74 Å². The molecule has 0 aromatic heterocycles. The summed E-state index contributed by atoms with van der Waals surface area (Å²) < 4.78 is 5.58. The first kappa shape index (κ1) is 21.0. The van der Waals surface area contributed by atoms with E-state index >= 15 is 0 Å². The number of aryl methyl sites for hydroxylation is 1. The maximum Gasteiger partial charge on any atom is 0.243 e. The van der Waals surface area contributed by atoms with Crippen molar-refractivity contribution in [2.75, 3.05) is 29.1 Å². The van der Waals surface area contributed by atoms with Gasteiger partial charge in [0.2, 0.25) is 11.8 Å². The topological polar surface area (TPSA) is 79.5 Å². The van der Waals surface area contributed by atoms with E-state index in [0.29, 0.717) is 24.5 Å².